The molecule has 0 N–H and O–H groups in total. The van der Waals surface area contributed by atoms with Crippen LogP contribution in [0.25, 0.3) is 0 Å². The van der Waals surface area contributed by atoms with E-state index >= 15 is 0 Å². The standard InChI is InChI=1S/C12H13F3O2S/c1-7(2)10-6-9(18-12(13,14)15)4-5-11(10)17-8(3)16/h4-7H,1-3H3. The summed E-state index contributed by atoms with van der Waals surface area (Å²) in [6, 6.07) is 4.09. The van der Waals surface area contributed by atoms with Crippen LogP contribution in [0, 0.1) is 0 Å². The van der Waals surface area contributed by atoms with Crippen molar-refractivity contribution in [1.29, 1.82) is 0 Å². The van der Waals surface area contributed by atoms with Crippen molar-refractivity contribution in [2.75, 3.05) is 0 Å². The largest absolute Gasteiger partial charge is 0.446 e. The number of ether oxygens (including phenoxy) is 1. The summed E-state index contributed by atoms with van der Waals surface area (Å²) < 4.78 is 41.7. The number of carbonyl (C=O) groups is 1. The van der Waals surface area contributed by atoms with Crippen LogP contribution >= 0.6 is 11.8 Å². The molecule has 0 aliphatic rings. The smallest absolute Gasteiger partial charge is 0.426 e. The maximum absolute atomic E-state index is 12.3. The number of benzene rings is 1. The average Bonchev–Trinajstić information content (AvgIpc) is 2.17. The van der Waals surface area contributed by atoms with Crippen molar-refractivity contribution in [1.82, 2.24) is 0 Å². The first kappa shape index (κ1) is 14.9. The third-order valence-corrected chi connectivity index (χ3v) is 2.81. The van der Waals surface area contributed by atoms with Crippen LogP contribution in [0.5, 0.6) is 5.75 Å². The molecule has 0 saturated carbocycles. The first-order chi connectivity index (χ1) is 8.19. The fraction of sp³-hybridized carbons (Fsp3) is 0.417. The van der Waals surface area contributed by atoms with E-state index in [1.807, 2.05) is 13.8 Å². The second-order valence-corrected chi connectivity index (χ2v) is 5.13. The molecule has 0 aliphatic carbocycles. The Labute approximate surface area is 108 Å². The third-order valence-electron chi connectivity index (χ3n) is 2.09. The van der Waals surface area contributed by atoms with E-state index in [9.17, 15) is 18.0 Å². The zero-order chi connectivity index (χ0) is 13.9. The predicted octanol–water partition coefficient (Wildman–Crippen LogP) is 4.35. The number of esters is 1. The molecule has 6 heteroatoms. The number of thioether (sulfide) groups is 1. The fourth-order valence-electron chi connectivity index (χ4n) is 1.42. The van der Waals surface area contributed by atoms with Crippen molar-refractivity contribution in [3.63, 3.8) is 0 Å². The van der Waals surface area contributed by atoms with Gasteiger partial charge in [0, 0.05) is 11.8 Å². The van der Waals surface area contributed by atoms with E-state index in [-0.39, 0.29) is 22.6 Å². The van der Waals surface area contributed by atoms with Gasteiger partial charge in [0.05, 0.1) is 0 Å². The molecule has 0 saturated heterocycles. The van der Waals surface area contributed by atoms with E-state index < -0.39 is 11.5 Å². The Morgan fingerprint density at radius 1 is 1.33 bits per heavy atom. The Morgan fingerprint density at radius 3 is 2.39 bits per heavy atom. The molecule has 0 spiro atoms. The van der Waals surface area contributed by atoms with Gasteiger partial charge in [-0.15, -0.1) is 0 Å². The minimum absolute atomic E-state index is 0.0341. The summed E-state index contributed by atoms with van der Waals surface area (Å²) in [4.78, 5) is 11.0. The van der Waals surface area contributed by atoms with Crippen LogP contribution in [0.2, 0.25) is 0 Å². The van der Waals surface area contributed by atoms with Crippen molar-refractivity contribution in [3.8, 4) is 5.75 Å². The monoisotopic (exact) mass is 278 g/mol. The van der Waals surface area contributed by atoms with E-state index in [2.05, 4.69) is 0 Å². The van der Waals surface area contributed by atoms with Crippen LogP contribution in [0.3, 0.4) is 0 Å². The molecule has 0 aromatic heterocycles. The van der Waals surface area contributed by atoms with Gasteiger partial charge in [-0.05, 0) is 41.4 Å². The van der Waals surface area contributed by atoms with Crippen LogP contribution in [0.15, 0.2) is 23.1 Å². The Hall–Kier alpha value is -1.17. The van der Waals surface area contributed by atoms with Crippen molar-refractivity contribution in [2.45, 2.75) is 37.1 Å². The second-order valence-electron chi connectivity index (χ2n) is 4.00. The summed E-state index contributed by atoms with van der Waals surface area (Å²) in [5, 5.41) is 0. The molecule has 0 fully saturated rings. The Morgan fingerprint density at radius 2 is 1.94 bits per heavy atom. The van der Waals surface area contributed by atoms with E-state index in [1.54, 1.807) is 0 Å². The first-order valence-electron chi connectivity index (χ1n) is 5.27. The van der Waals surface area contributed by atoms with Gasteiger partial charge in [-0.2, -0.15) is 13.2 Å². The molecule has 1 rings (SSSR count). The summed E-state index contributed by atoms with van der Waals surface area (Å²) in [6.07, 6.45) is 0. The lowest BCUT2D eigenvalue weighted by molar-refractivity contribution is -0.131. The molecule has 0 aliphatic heterocycles. The third kappa shape index (κ3) is 4.60. The lowest BCUT2D eigenvalue weighted by Crippen LogP contribution is -2.05. The van der Waals surface area contributed by atoms with E-state index in [0.717, 1.165) is 0 Å². The SMILES string of the molecule is CC(=O)Oc1ccc(SC(F)(F)F)cc1C(C)C. The molecule has 0 heterocycles. The predicted molar refractivity (Wildman–Crippen MR) is 63.8 cm³/mol. The van der Waals surface area contributed by atoms with E-state index in [4.69, 9.17) is 4.74 Å². The van der Waals surface area contributed by atoms with Crippen LogP contribution in [-0.2, 0) is 4.79 Å². The lowest BCUT2D eigenvalue weighted by Gasteiger charge is -2.14. The van der Waals surface area contributed by atoms with Gasteiger partial charge in [0.25, 0.3) is 0 Å². The molecule has 0 radical (unpaired) electrons. The summed E-state index contributed by atoms with van der Waals surface area (Å²) in [6.45, 7) is 4.90. The number of hydrogen-bond acceptors (Lipinski definition) is 3. The van der Waals surface area contributed by atoms with Crippen molar-refractivity contribution in [3.05, 3.63) is 23.8 Å². The summed E-state index contributed by atoms with van der Waals surface area (Å²) in [7, 11) is 0. The van der Waals surface area contributed by atoms with Gasteiger partial charge in [0.15, 0.2) is 0 Å². The second kappa shape index (κ2) is 5.65. The average molecular weight is 278 g/mol. The van der Waals surface area contributed by atoms with Gasteiger partial charge in [0.2, 0.25) is 0 Å². The zero-order valence-corrected chi connectivity index (χ0v) is 11.0. The van der Waals surface area contributed by atoms with Gasteiger partial charge in [-0.25, -0.2) is 0 Å². The number of carbonyl (C=O) groups excluding carboxylic acids is 1. The minimum atomic E-state index is -4.32. The number of rotatable bonds is 3. The molecule has 100 valence electrons. The van der Waals surface area contributed by atoms with Crippen molar-refractivity contribution < 1.29 is 22.7 Å². The van der Waals surface area contributed by atoms with Crippen molar-refractivity contribution in [2.24, 2.45) is 0 Å². The molecule has 0 atom stereocenters. The number of halogens is 3. The molecule has 18 heavy (non-hydrogen) atoms. The highest BCUT2D eigenvalue weighted by Gasteiger charge is 2.29. The van der Waals surface area contributed by atoms with Crippen LogP contribution < -0.4 is 4.74 Å². The highest BCUT2D eigenvalue weighted by atomic mass is 32.2. The molecular formula is C12H13F3O2S. The quantitative estimate of drug-likeness (QED) is 0.467. The summed E-state index contributed by atoms with van der Waals surface area (Å²) in [5.74, 6) is -0.217. The van der Waals surface area contributed by atoms with Gasteiger partial charge in [-0.1, -0.05) is 13.8 Å². The lowest BCUT2D eigenvalue weighted by atomic mass is 10.0. The number of hydrogen-bond donors (Lipinski definition) is 0. The molecule has 0 unspecified atom stereocenters. The molecule has 0 amide bonds. The molecule has 1 aromatic carbocycles. The zero-order valence-electron chi connectivity index (χ0n) is 10.2. The highest BCUT2D eigenvalue weighted by molar-refractivity contribution is 8.00. The Kier molecular flexibility index (Phi) is 4.67. The molecule has 2 nitrogen and oxygen atoms in total. The van der Waals surface area contributed by atoms with Gasteiger partial charge in [-0.3, -0.25) is 4.79 Å². The Bertz CT molecular complexity index is 441. The topological polar surface area (TPSA) is 26.3 Å². The van der Waals surface area contributed by atoms with Crippen LogP contribution in [0.4, 0.5) is 13.2 Å². The van der Waals surface area contributed by atoms with Crippen LogP contribution in [-0.4, -0.2) is 11.5 Å². The van der Waals surface area contributed by atoms with Gasteiger partial charge >= 0.3 is 11.5 Å². The van der Waals surface area contributed by atoms with Gasteiger partial charge in [0.1, 0.15) is 5.75 Å². The first-order valence-corrected chi connectivity index (χ1v) is 6.09. The van der Waals surface area contributed by atoms with Crippen LogP contribution in [0.1, 0.15) is 32.3 Å². The molecule has 0 bridgehead atoms. The Balaban J connectivity index is 3.07. The fourth-order valence-corrected chi connectivity index (χ4v) is 2.01. The van der Waals surface area contributed by atoms with E-state index in [0.29, 0.717) is 11.3 Å². The number of alkyl halides is 3. The maximum atomic E-state index is 12.3. The van der Waals surface area contributed by atoms with E-state index in [1.165, 1.54) is 25.1 Å². The summed E-state index contributed by atoms with van der Waals surface area (Å²) >= 11 is -0.181. The highest BCUT2D eigenvalue weighted by Crippen LogP contribution is 2.39. The maximum Gasteiger partial charge on any atom is 0.446 e. The van der Waals surface area contributed by atoms with Gasteiger partial charge < -0.3 is 4.74 Å². The van der Waals surface area contributed by atoms with Crippen molar-refractivity contribution >= 4 is 17.7 Å². The molecular weight excluding hydrogens is 265 g/mol. The normalized spacial score (nSPS) is 11.7. The summed E-state index contributed by atoms with van der Waals surface area (Å²) in [5.41, 5.74) is -3.74. The molecule has 1 aromatic rings. The minimum Gasteiger partial charge on any atom is -0.426 e.